The highest BCUT2D eigenvalue weighted by Gasteiger charge is 2.26. The second kappa shape index (κ2) is 6.68. The minimum atomic E-state index is -0.334. The van der Waals surface area contributed by atoms with Crippen molar-refractivity contribution in [2.75, 3.05) is 0 Å². The average Bonchev–Trinajstić information content (AvgIpc) is 3.30. The van der Waals surface area contributed by atoms with E-state index in [2.05, 4.69) is 15.9 Å². The molecule has 0 aliphatic carbocycles. The quantitative estimate of drug-likeness (QED) is 0.458. The fraction of sp³-hybridized carbons (Fsp3) is 0.300. The molecule has 5 nitrogen and oxygen atoms in total. The Kier molecular flexibility index (Phi) is 4.13. The second-order valence-electron chi connectivity index (χ2n) is 7.46. The molecule has 0 amide bonds. The number of nitrogens with zero attached hydrogens (tertiary/aromatic N) is 5. The molecule has 0 aromatic carbocycles. The van der Waals surface area contributed by atoms with Crippen molar-refractivity contribution in [2.24, 2.45) is 0 Å². The fourth-order valence-corrected chi connectivity index (χ4v) is 4.97. The van der Waals surface area contributed by atoms with Crippen molar-refractivity contribution >= 4 is 34.0 Å². The van der Waals surface area contributed by atoms with E-state index in [-0.39, 0.29) is 12.5 Å². The lowest BCUT2D eigenvalue weighted by Crippen LogP contribution is -2.19. The van der Waals surface area contributed by atoms with Crippen molar-refractivity contribution in [1.29, 1.82) is 5.26 Å². The Bertz CT molecular complexity index is 1230. The van der Waals surface area contributed by atoms with Crippen molar-refractivity contribution < 1.29 is 4.39 Å². The van der Waals surface area contributed by atoms with Gasteiger partial charge in [0.05, 0.1) is 11.4 Å². The smallest absolute Gasteiger partial charge is 0.267 e. The van der Waals surface area contributed by atoms with E-state index in [4.69, 9.17) is 10.2 Å². The summed E-state index contributed by atoms with van der Waals surface area (Å²) >= 11 is 1.53. The number of hydrogen-bond donors (Lipinski definition) is 0. The number of fused-ring (bicyclic) bond motifs is 2. The Morgan fingerprint density at radius 3 is 2.86 bits per heavy atom. The van der Waals surface area contributed by atoms with Crippen molar-refractivity contribution in [2.45, 2.75) is 38.3 Å². The van der Waals surface area contributed by atoms with Gasteiger partial charge in [-0.2, -0.15) is 0 Å². The first-order valence-electron chi connectivity index (χ1n) is 9.42. The molecule has 5 rings (SSSR count). The molecular formula is C20H17BFN5S. The van der Waals surface area contributed by atoms with Gasteiger partial charge in [0.2, 0.25) is 0 Å². The third-order valence-electron chi connectivity index (χ3n) is 5.50. The normalized spacial score (nSPS) is 15.4. The molecule has 4 aromatic heterocycles. The average molecular weight is 389 g/mol. The summed E-state index contributed by atoms with van der Waals surface area (Å²) in [6.45, 7) is 2.03. The Morgan fingerprint density at radius 2 is 2.07 bits per heavy atom. The number of rotatable bonds is 2. The number of thiophene rings is 1. The molecule has 0 atom stereocenters. The zero-order valence-corrected chi connectivity index (χ0v) is 16.2. The zero-order valence-electron chi connectivity index (χ0n) is 15.4. The van der Waals surface area contributed by atoms with E-state index in [1.54, 1.807) is 4.40 Å². The van der Waals surface area contributed by atoms with Crippen LogP contribution in [0.15, 0.2) is 30.7 Å². The Balaban J connectivity index is 1.50. The van der Waals surface area contributed by atoms with Crippen LogP contribution in [0.5, 0.6) is 0 Å². The zero-order chi connectivity index (χ0) is 19.3. The Hall–Kier alpha value is -2.79. The molecule has 1 aliphatic rings. The molecule has 0 unspecified atom stereocenters. The number of hydrogen-bond acceptors (Lipinski definition) is 5. The van der Waals surface area contributed by atoms with Crippen LogP contribution < -0.4 is 0 Å². The van der Waals surface area contributed by atoms with Crippen LogP contribution in [0.3, 0.4) is 0 Å². The van der Waals surface area contributed by atoms with E-state index in [0.29, 0.717) is 11.6 Å². The summed E-state index contributed by atoms with van der Waals surface area (Å²) in [6, 6.07) is 3.49. The molecule has 8 heteroatoms. The molecule has 0 saturated carbocycles. The highest BCUT2D eigenvalue weighted by atomic mass is 32.1. The lowest BCUT2D eigenvalue weighted by Gasteiger charge is -2.22. The van der Waals surface area contributed by atoms with E-state index in [1.165, 1.54) is 17.4 Å². The first-order valence-corrected chi connectivity index (χ1v) is 10.2. The predicted octanol–water partition coefficient (Wildman–Crippen LogP) is 4.89. The minimum absolute atomic E-state index is 0.179. The van der Waals surface area contributed by atoms with E-state index >= 15 is 0 Å². The van der Waals surface area contributed by atoms with Crippen molar-refractivity contribution in [3.63, 3.8) is 0 Å². The van der Waals surface area contributed by atoms with Gasteiger partial charge in [-0.15, -0.1) is 11.3 Å². The SMILES string of the molecule is Cc1cn2cc(-c3cc4ncc(C5CCB(C#N)CC5)nc4s3)cc(F)c2n1. The molecule has 4 aromatic rings. The van der Waals surface area contributed by atoms with Gasteiger partial charge in [-0.25, -0.2) is 19.6 Å². The number of nitriles is 1. The molecule has 0 bridgehead atoms. The topological polar surface area (TPSA) is 66.9 Å². The molecular weight excluding hydrogens is 372 g/mol. The first-order chi connectivity index (χ1) is 13.6. The lowest BCUT2D eigenvalue weighted by molar-refractivity contribution is 0.595. The van der Waals surface area contributed by atoms with E-state index in [0.717, 1.165) is 57.7 Å². The van der Waals surface area contributed by atoms with E-state index < -0.39 is 0 Å². The Labute approximate surface area is 166 Å². The highest BCUT2D eigenvalue weighted by molar-refractivity contribution is 7.21. The standard InChI is InChI=1S/C20H17BFN5S/c1-12-9-27-10-14(6-15(22)19(27)25-12)18-7-16-20(28-18)26-17(8-24-16)13-2-4-21(11-23)5-3-13/h6-10,13H,2-5H2,1H3. The molecule has 138 valence electrons. The van der Waals surface area contributed by atoms with Crippen molar-refractivity contribution in [1.82, 2.24) is 19.4 Å². The molecule has 1 saturated heterocycles. The maximum absolute atomic E-state index is 14.4. The van der Waals surface area contributed by atoms with Crippen LogP contribution in [0, 0.1) is 24.0 Å². The molecule has 5 heterocycles. The fourth-order valence-electron chi connectivity index (χ4n) is 4.00. The molecule has 0 spiro atoms. The van der Waals surface area contributed by atoms with Crippen molar-refractivity contribution in [3.05, 3.63) is 47.9 Å². The number of aryl methyl sites for hydroxylation is 1. The summed E-state index contributed by atoms with van der Waals surface area (Å²) in [5.41, 5.74) is 3.75. The maximum Gasteiger partial charge on any atom is 0.267 e. The van der Waals surface area contributed by atoms with Crippen LogP contribution in [-0.4, -0.2) is 26.1 Å². The number of pyridine rings is 1. The van der Waals surface area contributed by atoms with Crippen LogP contribution >= 0.6 is 11.3 Å². The van der Waals surface area contributed by atoms with Gasteiger partial charge in [-0.3, -0.25) is 4.98 Å². The summed E-state index contributed by atoms with van der Waals surface area (Å²) < 4.78 is 16.2. The number of imidazole rings is 1. The van der Waals surface area contributed by atoms with Gasteiger partial charge >= 0.3 is 0 Å². The van der Waals surface area contributed by atoms with Gasteiger partial charge in [-0.1, -0.05) is 25.5 Å². The maximum atomic E-state index is 14.4. The van der Waals surface area contributed by atoms with Gasteiger partial charge in [0, 0.05) is 40.9 Å². The monoisotopic (exact) mass is 389 g/mol. The lowest BCUT2D eigenvalue weighted by atomic mass is 9.41. The van der Waals surface area contributed by atoms with Crippen LogP contribution in [0.25, 0.3) is 26.4 Å². The summed E-state index contributed by atoms with van der Waals surface area (Å²) in [6.07, 6.45) is 9.41. The molecule has 0 radical (unpaired) electrons. The highest BCUT2D eigenvalue weighted by Crippen LogP contribution is 2.36. The van der Waals surface area contributed by atoms with E-state index in [9.17, 15) is 4.39 Å². The van der Waals surface area contributed by atoms with Gasteiger partial charge in [0.15, 0.2) is 11.5 Å². The number of halogens is 1. The molecule has 28 heavy (non-hydrogen) atoms. The first kappa shape index (κ1) is 17.3. The molecule has 0 N–H and O–H groups in total. The number of aromatic nitrogens is 4. The third kappa shape index (κ3) is 2.96. The van der Waals surface area contributed by atoms with Crippen molar-refractivity contribution in [3.8, 4) is 16.4 Å². The summed E-state index contributed by atoms with van der Waals surface area (Å²) in [5, 5.41) is 9.08. The van der Waals surface area contributed by atoms with Crippen LogP contribution in [0.4, 0.5) is 4.39 Å². The van der Waals surface area contributed by atoms with Gasteiger partial charge in [0.25, 0.3) is 6.71 Å². The third-order valence-corrected chi connectivity index (χ3v) is 6.57. The molecule has 1 aliphatic heterocycles. The van der Waals surface area contributed by atoms with E-state index in [1.807, 2.05) is 31.6 Å². The van der Waals surface area contributed by atoms with Gasteiger partial charge in [0.1, 0.15) is 10.3 Å². The molecule has 1 fully saturated rings. The van der Waals surface area contributed by atoms with Crippen LogP contribution in [0.2, 0.25) is 12.6 Å². The predicted molar refractivity (Wildman–Crippen MR) is 109 cm³/mol. The summed E-state index contributed by atoms with van der Waals surface area (Å²) in [5.74, 6) is 2.41. The van der Waals surface area contributed by atoms with Gasteiger partial charge < -0.3 is 4.40 Å². The second-order valence-corrected chi connectivity index (χ2v) is 8.49. The largest absolute Gasteiger partial charge is 0.304 e. The van der Waals surface area contributed by atoms with Gasteiger partial charge in [-0.05, 0) is 19.1 Å². The summed E-state index contributed by atoms with van der Waals surface area (Å²) in [4.78, 5) is 15.5. The van der Waals surface area contributed by atoms with Crippen LogP contribution in [-0.2, 0) is 0 Å². The van der Waals surface area contributed by atoms with Crippen LogP contribution in [0.1, 0.15) is 30.1 Å². The summed E-state index contributed by atoms with van der Waals surface area (Å²) in [7, 11) is 0. The Morgan fingerprint density at radius 1 is 1.25 bits per heavy atom. The minimum Gasteiger partial charge on any atom is -0.304 e.